The first-order valence-corrected chi connectivity index (χ1v) is 15.4. The predicted octanol–water partition coefficient (Wildman–Crippen LogP) is 8.24. The van der Waals surface area contributed by atoms with E-state index in [1.54, 1.807) is 12.1 Å². The van der Waals surface area contributed by atoms with Gasteiger partial charge in [0.15, 0.2) is 12.5 Å². The van der Waals surface area contributed by atoms with Crippen LogP contribution in [-0.4, -0.2) is 42.0 Å². The molecule has 204 valence electrons. The van der Waals surface area contributed by atoms with E-state index in [0.717, 1.165) is 9.35 Å². The minimum absolute atomic E-state index is 0.0892. The molecule has 0 fully saturated rings. The van der Waals surface area contributed by atoms with E-state index in [-0.39, 0.29) is 16.8 Å². The molecule has 0 aliphatic carbocycles. The number of hydrogen-bond acceptors (Lipinski definition) is 7. The van der Waals surface area contributed by atoms with Gasteiger partial charge in [-0.15, -0.1) is 23.1 Å². The van der Waals surface area contributed by atoms with E-state index in [1.807, 2.05) is 17.7 Å². The minimum Gasteiger partial charge on any atom is -0.493 e. The zero-order valence-electron chi connectivity index (χ0n) is 20.4. The minimum atomic E-state index is -0.753. The molecule has 2 aromatic carbocycles. The van der Waals surface area contributed by atoms with Gasteiger partial charge in [0, 0.05) is 28.7 Å². The van der Waals surface area contributed by atoms with Crippen molar-refractivity contribution in [2.75, 3.05) is 26.6 Å². The van der Waals surface area contributed by atoms with Crippen LogP contribution in [0.2, 0.25) is 0 Å². The standard InChI is InChI=1S/C27H26Br2F2O5S2/c1-2-33-15-36-25-21(14-38-27(25)29)19-12-17(31)6-8-23(19)35-10-4-3-9-34-22-7-5-16(30)11-18(22)20-13-37-26(28)24(20)32/h5-8,11-14,24,26,32H,2-4,9-10,15H2,1H3. The Bertz CT molecular complexity index is 1270. The highest BCUT2D eigenvalue weighted by molar-refractivity contribution is 9.11. The first-order valence-electron chi connectivity index (χ1n) is 11.9. The maximum atomic E-state index is 14.2. The summed E-state index contributed by atoms with van der Waals surface area (Å²) in [5.74, 6) is 0.874. The van der Waals surface area contributed by atoms with Crippen molar-refractivity contribution in [2.24, 2.45) is 0 Å². The highest BCUT2D eigenvalue weighted by Gasteiger charge is 2.29. The SMILES string of the molecule is CCOCOc1c(-c2cc(F)ccc2OCCCCOc2ccc(F)cc2C2=CSC(Br)C2O)csc1Br. The van der Waals surface area contributed by atoms with Crippen LogP contribution in [0.25, 0.3) is 16.7 Å². The lowest BCUT2D eigenvalue weighted by atomic mass is 10.0. The summed E-state index contributed by atoms with van der Waals surface area (Å²) >= 11 is 9.77. The zero-order chi connectivity index (χ0) is 27.1. The maximum Gasteiger partial charge on any atom is 0.189 e. The van der Waals surface area contributed by atoms with E-state index in [4.69, 9.17) is 18.9 Å². The van der Waals surface area contributed by atoms with Gasteiger partial charge in [0.2, 0.25) is 0 Å². The van der Waals surface area contributed by atoms with Crippen LogP contribution in [0.4, 0.5) is 8.78 Å². The Morgan fingerprint density at radius 1 is 0.921 bits per heavy atom. The van der Waals surface area contributed by atoms with Crippen molar-refractivity contribution in [3.63, 3.8) is 0 Å². The first-order chi connectivity index (χ1) is 18.4. The van der Waals surface area contributed by atoms with Gasteiger partial charge in [0.25, 0.3) is 0 Å². The molecule has 1 aromatic heterocycles. The van der Waals surface area contributed by atoms with Crippen LogP contribution in [0.3, 0.4) is 0 Å². The molecule has 5 nitrogen and oxygen atoms in total. The molecular weight excluding hydrogens is 666 g/mol. The molecule has 1 aliphatic rings. The Hall–Kier alpha value is -1.63. The van der Waals surface area contributed by atoms with Crippen molar-refractivity contribution >= 4 is 60.5 Å². The quantitative estimate of drug-likeness (QED) is 0.111. The van der Waals surface area contributed by atoms with Gasteiger partial charge in [-0.2, -0.15) is 0 Å². The fourth-order valence-electron chi connectivity index (χ4n) is 3.73. The summed E-state index contributed by atoms with van der Waals surface area (Å²) in [4.78, 5) is 0. The summed E-state index contributed by atoms with van der Waals surface area (Å²) in [5, 5.41) is 14.1. The van der Waals surface area contributed by atoms with Crippen molar-refractivity contribution in [1.82, 2.24) is 0 Å². The summed E-state index contributed by atoms with van der Waals surface area (Å²) in [6, 6.07) is 8.70. The van der Waals surface area contributed by atoms with E-state index in [0.29, 0.717) is 66.6 Å². The highest BCUT2D eigenvalue weighted by Crippen LogP contribution is 2.45. The smallest absolute Gasteiger partial charge is 0.189 e. The first kappa shape index (κ1) is 29.4. The Morgan fingerprint density at radius 2 is 1.55 bits per heavy atom. The van der Waals surface area contributed by atoms with Crippen molar-refractivity contribution in [1.29, 1.82) is 0 Å². The summed E-state index contributed by atoms with van der Waals surface area (Å²) in [5.41, 5.74) is 2.49. The third-order valence-electron chi connectivity index (χ3n) is 5.62. The normalized spacial score (nSPS) is 16.9. The van der Waals surface area contributed by atoms with Crippen LogP contribution in [0.1, 0.15) is 25.3 Å². The Balaban J connectivity index is 1.34. The van der Waals surface area contributed by atoms with Gasteiger partial charge in [0.1, 0.15) is 33.0 Å². The number of halogens is 4. The Labute approximate surface area is 245 Å². The van der Waals surface area contributed by atoms with Crippen molar-refractivity contribution < 1.29 is 32.8 Å². The second kappa shape index (κ2) is 14.1. The molecule has 2 atom stereocenters. The van der Waals surface area contributed by atoms with E-state index in [1.165, 1.54) is 47.4 Å². The second-order valence-electron chi connectivity index (χ2n) is 8.20. The van der Waals surface area contributed by atoms with Crippen molar-refractivity contribution in [2.45, 2.75) is 30.0 Å². The largest absolute Gasteiger partial charge is 0.493 e. The second-order valence-corrected chi connectivity index (χ2v) is 13.0. The molecule has 1 aliphatic heterocycles. The molecule has 0 spiro atoms. The van der Waals surface area contributed by atoms with E-state index < -0.39 is 11.9 Å². The number of aliphatic hydroxyl groups is 1. The molecule has 11 heteroatoms. The number of thiophene rings is 1. The van der Waals surface area contributed by atoms with Gasteiger partial charge in [-0.1, -0.05) is 15.9 Å². The molecular formula is C27H26Br2F2O5S2. The lowest BCUT2D eigenvalue weighted by molar-refractivity contribution is 0.0226. The number of aliphatic hydroxyl groups excluding tert-OH is 1. The van der Waals surface area contributed by atoms with Gasteiger partial charge >= 0.3 is 0 Å². The van der Waals surface area contributed by atoms with Crippen LogP contribution in [-0.2, 0) is 4.74 Å². The number of hydrogen-bond donors (Lipinski definition) is 1. The summed E-state index contributed by atoms with van der Waals surface area (Å²) < 4.78 is 51.7. The van der Waals surface area contributed by atoms with Crippen LogP contribution < -0.4 is 14.2 Å². The molecule has 0 saturated heterocycles. The summed E-state index contributed by atoms with van der Waals surface area (Å²) in [6.07, 6.45) is 0.604. The van der Waals surface area contributed by atoms with Gasteiger partial charge < -0.3 is 24.1 Å². The molecule has 1 N–H and O–H groups in total. The molecule has 0 saturated carbocycles. The number of thioether (sulfide) groups is 1. The van der Waals surface area contributed by atoms with Gasteiger partial charge in [0.05, 0.1) is 17.4 Å². The molecule has 38 heavy (non-hydrogen) atoms. The van der Waals surface area contributed by atoms with E-state index >= 15 is 0 Å². The fourth-order valence-corrected chi connectivity index (χ4v) is 6.52. The van der Waals surface area contributed by atoms with Gasteiger partial charge in [-0.3, -0.25) is 0 Å². The third kappa shape index (κ3) is 7.31. The number of benzene rings is 2. The molecule has 0 bridgehead atoms. The van der Waals surface area contributed by atoms with Crippen LogP contribution in [0, 0.1) is 11.6 Å². The highest BCUT2D eigenvalue weighted by atomic mass is 79.9. The monoisotopic (exact) mass is 690 g/mol. The topological polar surface area (TPSA) is 57.2 Å². The van der Waals surface area contributed by atoms with Crippen LogP contribution in [0.15, 0.2) is 51.0 Å². The number of rotatable bonds is 13. The molecule has 3 aromatic rings. The summed E-state index contributed by atoms with van der Waals surface area (Å²) in [7, 11) is 0. The maximum absolute atomic E-state index is 14.2. The zero-order valence-corrected chi connectivity index (χ0v) is 25.2. The van der Waals surface area contributed by atoms with Crippen LogP contribution >= 0.6 is 55.0 Å². The molecule has 0 radical (unpaired) electrons. The molecule has 4 rings (SSSR count). The lowest BCUT2D eigenvalue weighted by Crippen LogP contribution is -2.15. The molecule has 2 unspecified atom stereocenters. The average molecular weight is 692 g/mol. The number of ether oxygens (including phenoxy) is 4. The average Bonchev–Trinajstić information content (AvgIpc) is 3.44. The number of alkyl halides is 1. The Morgan fingerprint density at radius 3 is 2.16 bits per heavy atom. The number of unbranched alkanes of at least 4 members (excludes halogenated alkanes) is 1. The fraction of sp³-hybridized carbons (Fsp3) is 0.333. The van der Waals surface area contributed by atoms with Crippen LogP contribution in [0.5, 0.6) is 17.2 Å². The van der Waals surface area contributed by atoms with Gasteiger partial charge in [-0.25, -0.2) is 8.78 Å². The van der Waals surface area contributed by atoms with Crippen molar-refractivity contribution in [3.8, 4) is 28.4 Å². The lowest BCUT2D eigenvalue weighted by Gasteiger charge is -2.16. The third-order valence-corrected chi connectivity index (χ3v) is 9.35. The summed E-state index contributed by atoms with van der Waals surface area (Å²) in [6.45, 7) is 3.27. The van der Waals surface area contributed by atoms with Gasteiger partial charge in [-0.05, 0) is 83.1 Å². The Kier molecular flexibility index (Phi) is 10.9. The van der Waals surface area contributed by atoms with Crippen molar-refractivity contribution in [3.05, 3.63) is 68.2 Å². The predicted molar refractivity (Wildman–Crippen MR) is 155 cm³/mol. The molecule has 0 amide bonds. The van der Waals surface area contributed by atoms with E-state index in [9.17, 15) is 13.9 Å². The molecule has 2 heterocycles. The van der Waals surface area contributed by atoms with E-state index in [2.05, 4.69) is 31.9 Å².